The maximum absolute atomic E-state index is 12.6. The van der Waals surface area contributed by atoms with E-state index < -0.39 is 5.63 Å². The predicted molar refractivity (Wildman–Crippen MR) is 138 cm³/mol. The van der Waals surface area contributed by atoms with Gasteiger partial charge in [0.25, 0.3) is 0 Å². The van der Waals surface area contributed by atoms with Crippen molar-refractivity contribution in [2.45, 2.75) is 19.2 Å². The molecule has 3 heterocycles. The van der Waals surface area contributed by atoms with Gasteiger partial charge in [0.2, 0.25) is 0 Å². The molecule has 190 valence electrons. The molecule has 8 nitrogen and oxygen atoms in total. The van der Waals surface area contributed by atoms with Crippen LogP contribution in [0.15, 0.2) is 70.1 Å². The van der Waals surface area contributed by atoms with Crippen LogP contribution in [0.2, 0.25) is 0 Å². The van der Waals surface area contributed by atoms with Crippen molar-refractivity contribution in [3.63, 3.8) is 0 Å². The molecule has 1 unspecified atom stereocenters. The number of benzene rings is 2. The van der Waals surface area contributed by atoms with E-state index in [0.29, 0.717) is 43.9 Å². The first-order valence-corrected chi connectivity index (χ1v) is 12.4. The van der Waals surface area contributed by atoms with Gasteiger partial charge >= 0.3 is 5.63 Å². The fourth-order valence-corrected chi connectivity index (χ4v) is 5.01. The summed E-state index contributed by atoms with van der Waals surface area (Å²) in [5.41, 5.74) is 2.67. The van der Waals surface area contributed by atoms with Crippen LogP contribution in [0.1, 0.15) is 22.8 Å². The molecule has 2 aromatic carbocycles. The van der Waals surface area contributed by atoms with Crippen LogP contribution in [0.5, 0.6) is 11.5 Å². The molecular formula is C28H33N3O5. The van der Waals surface area contributed by atoms with Gasteiger partial charge in [0, 0.05) is 57.9 Å². The highest BCUT2D eigenvalue weighted by Crippen LogP contribution is 2.30. The van der Waals surface area contributed by atoms with E-state index in [4.69, 9.17) is 13.9 Å². The van der Waals surface area contributed by atoms with E-state index in [9.17, 15) is 9.90 Å². The second-order valence-electron chi connectivity index (χ2n) is 9.32. The maximum atomic E-state index is 12.6. The number of para-hydroxylation sites is 2. The van der Waals surface area contributed by atoms with Crippen molar-refractivity contribution in [3.8, 4) is 11.5 Å². The second-order valence-corrected chi connectivity index (χ2v) is 9.32. The van der Waals surface area contributed by atoms with Crippen molar-refractivity contribution in [2.24, 2.45) is 0 Å². The molecule has 0 aliphatic carbocycles. The molecule has 1 aromatic heterocycles. The quantitative estimate of drug-likeness (QED) is 0.540. The number of morpholine rings is 1. The average molecular weight is 492 g/mol. The van der Waals surface area contributed by atoms with Gasteiger partial charge in [0.1, 0.15) is 17.8 Å². The van der Waals surface area contributed by atoms with Crippen molar-refractivity contribution in [1.82, 2.24) is 9.80 Å². The third kappa shape index (κ3) is 5.41. The Balaban J connectivity index is 1.23. The first-order valence-electron chi connectivity index (χ1n) is 12.4. The SMILES string of the molecule is COc1ccccc1N1CCN(Cc2coc(=O)c(CN3CCOC(c4ccccc4)C3)c2O)CC1. The van der Waals surface area contributed by atoms with Crippen molar-refractivity contribution < 1.29 is 19.0 Å². The van der Waals surface area contributed by atoms with Crippen molar-refractivity contribution in [3.05, 3.63) is 88.0 Å². The molecule has 0 spiro atoms. The number of hydrogen-bond acceptors (Lipinski definition) is 8. The third-order valence-corrected chi connectivity index (χ3v) is 7.04. The molecule has 0 amide bonds. The summed E-state index contributed by atoms with van der Waals surface area (Å²) in [7, 11) is 1.69. The summed E-state index contributed by atoms with van der Waals surface area (Å²) < 4.78 is 16.8. The molecule has 0 bridgehead atoms. The normalized spacial score (nSPS) is 19.4. The Hall–Kier alpha value is -3.33. The zero-order valence-electron chi connectivity index (χ0n) is 20.6. The van der Waals surface area contributed by atoms with Gasteiger partial charge in [-0.2, -0.15) is 0 Å². The molecular weight excluding hydrogens is 458 g/mol. The summed E-state index contributed by atoms with van der Waals surface area (Å²) in [5.74, 6) is 0.914. The number of methoxy groups -OCH3 is 1. The predicted octanol–water partition coefficient (Wildman–Crippen LogP) is 3.25. The molecule has 8 heteroatoms. The van der Waals surface area contributed by atoms with Gasteiger partial charge in [-0.3, -0.25) is 9.80 Å². The number of nitrogens with zero attached hydrogens (tertiary/aromatic N) is 3. The molecule has 0 saturated carbocycles. The van der Waals surface area contributed by atoms with Gasteiger partial charge in [0.05, 0.1) is 31.1 Å². The second kappa shape index (κ2) is 11.2. The maximum Gasteiger partial charge on any atom is 0.343 e. The largest absolute Gasteiger partial charge is 0.507 e. The summed E-state index contributed by atoms with van der Waals surface area (Å²) in [4.78, 5) is 19.3. The minimum Gasteiger partial charge on any atom is -0.507 e. The van der Waals surface area contributed by atoms with Crippen LogP contribution in [0, 0.1) is 0 Å². The first kappa shape index (κ1) is 24.4. The highest BCUT2D eigenvalue weighted by Gasteiger charge is 2.26. The minimum absolute atomic E-state index is 0.0427. The number of rotatable bonds is 7. The summed E-state index contributed by atoms with van der Waals surface area (Å²) in [5, 5.41) is 11.0. The highest BCUT2D eigenvalue weighted by molar-refractivity contribution is 5.58. The van der Waals surface area contributed by atoms with Crippen LogP contribution in [-0.4, -0.2) is 67.9 Å². The van der Waals surface area contributed by atoms with Crippen LogP contribution in [0.4, 0.5) is 5.69 Å². The van der Waals surface area contributed by atoms with Crippen molar-refractivity contribution in [2.75, 3.05) is 57.9 Å². The Morgan fingerprint density at radius 3 is 2.47 bits per heavy atom. The molecule has 5 rings (SSSR count). The zero-order valence-corrected chi connectivity index (χ0v) is 20.6. The molecule has 2 fully saturated rings. The Morgan fingerprint density at radius 1 is 0.944 bits per heavy atom. The smallest absolute Gasteiger partial charge is 0.343 e. The lowest BCUT2D eigenvalue weighted by molar-refractivity contribution is -0.0334. The summed E-state index contributed by atoms with van der Waals surface area (Å²) >= 11 is 0. The third-order valence-electron chi connectivity index (χ3n) is 7.04. The van der Waals surface area contributed by atoms with Gasteiger partial charge in [-0.1, -0.05) is 42.5 Å². The van der Waals surface area contributed by atoms with Gasteiger partial charge in [-0.15, -0.1) is 0 Å². The van der Waals surface area contributed by atoms with E-state index in [1.165, 1.54) is 6.26 Å². The molecule has 3 aromatic rings. The standard InChI is InChI=1S/C28H33N3O5/c1-34-25-10-6-5-9-24(25)31-13-11-29(12-14-31)17-22-20-36-28(33)23(27(22)32)18-30-15-16-35-26(19-30)21-7-3-2-4-8-21/h2-10,20,26,32H,11-19H2,1H3. The lowest BCUT2D eigenvalue weighted by Gasteiger charge is -2.36. The summed E-state index contributed by atoms with van der Waals surface area (Å²) in [6.45, 7) is 6.12. The Morgan fingerprint density at radius 2 is 1.69 bits per heavy atom. The van der Waals surface area contributed by atoms with Crippen LogP contribution in [0.25, 0.3) is 0 Å². The van der Waals surface area contributed by atoms with E-state index in [2.05, 4.69) is 20.8 Å². The molecule has 1 N–H and O–H groups in total. The number of piperazine rings is 1. The van der Waals surface area contributed by atoms with E-state index in [1.807, 2.05) is 48.5 Å². The number of ether oxygens (including phenoxy) is 2. The van der Waals surface area contributed by atoms with E-state index in [1.54, 1.807) is 7.11 Å². The van der Waals surface area contributed by atoms with Gasteiger partial charge in [-0.05, 0) is 17.7 Å². The molecule has 2 aliphatic rings. The summed E-state index contributed by atoms with van der Waals surface area (Å²) in [6.07, 6.45) is 1.34. The number of hydrogen-bond donors (Lipinski definition) is 1. The fourth-order valence-electron chi connectivity index (χ4n) is 5.01. The fraction of sp³-hybridized carbons (Fsp3) is 0.393. The highest BCUT2D eigenvalue weighted by atomic mass is 16.5. The molecule has 1 atom stereocenters. The van der Waals surface area contributed by atoms with Gasteiger partial charge in [0.15, 0.2) is 0 Å². The van der Waals surface area contributed by atoms with Crippen molar-refractivity contribution in [1.29, 1.82) is 0 Å². The molecule has 2 aliphatic heterocycles. The zero-order chi connectivity index (χ0) is 24.9. The van der Waals surface area contributed by atoms with E-state index >= 15 is 0 Å². The molecule has 36 heavy (non-hydrogen) atoms. The number of anilines is 1. The van der Waals surface area contributed by atoms with Crippen LogP contribution in [0.3, 0.4) is 0 Å². The Bertz CT molecular complexity index is 1210. The molecule has 0 radical (unpaired) electrons. The van der Waals surface area contributed by atoms with Gasteiger partial charge < -0.3 is 23.9 Å². The molecule has 2 saturated heterocycles. The lowest BCUT2D eigenvalue weighted by atomic mass is 10.1. The van der Waals surface area contributed by atoms with Gasteiger partial charge in [-0.25, -0.2) is 4.79 Å². The first-order chi connectivity index (χ1) is 17.6. The Kier molecular flexibility index (Phi) is 7.55. The van der Waals surface area contributed by atoms with Crippen LogP contribution >= 0.6 is 0 Å². The Labute approximate surface area is 211 Å². The monoisotopic (exact) mass is 491 g/mol. The van der Waals surface area contributed by atoms with E-state index in [0.717, 1.165) is 43.2 Å². The van der Waals surface area contributed by atoms with E-state index in [-0.39, 0.29) is 11.9 Å². The van der Waals surface area contributed by atoms with Crippen LogP contribution < -0.4 is 15.3 Å². The topological polar surface area (TPSA) is 78.6 Å². The number of aromatic hydroxyl groups is 1. The lowest BCUT2D eigenvalue weighted by Crippen LogP contribution is -2.46. The minimum atomic E-state index is -0.486. The van der Waals surface area contributed by atoms with Crippen LogP contribution in [-0.2, 0) is 17.8 Å². The summed E-state index contributed by atoms with van der Waals surface area (Å²) in [6, 6.07) is 18.1. The van der Waals surface area contributed by atoms with Crippen molar-refractivity contribution >= 4 is 5.69 Å². The average Bonchev–Trinajstić information content (AvgIpc) is 2.93.